The molecule has 0 saturated carbocycles. The number of halogens is 1. The number of benzene rings is 1. The van der Waals surface area contributed by atoms with E-state index in [1.54, 1.807) is 0 Å². The third kappa shape index (κ3) is 11.6. The van der Waals surface area contributed by atoms with Crippen LogP contribution in [-0.4, -0.2) is 67.4 Å². The van der Waals surface area contributed by atoms with E-state index in [9.17, 15) is 0 Å². The van der Waals surface area contributed by atoms with Gasteiger partial charge in [0.2, 0.25) is 0 Å². The molecule has 8 heteroatoms. The molecule has 1 aromatic rings. The number of piperazine rings is 1. The topological polar surface area (TPSA) is 121 Å². The minimum absolute atomic E-state index is 0. The van der Waals surface area contributed by atoms with Gasteiger partial charge in [0, 0.05) is 50.3 Å². The van der Waals surface area contributed by atoms with Gasteiger partial charge in [0.15, 0.2) is 5.96 Å². The van der Waals surface area contributed by atoms with Gasteiger partial charge in [-0.05, 0) is 44.5 Å². The number of unbranched alkanes of at least 4 members (excludes halogenated alkanes) is 4. The van der Waals surface area contributed by atoms with Gasteiger partial charge in [0.1, 0.15) is 5.84 Å². The molecule has 2 rings (SSSR count). The first-order valence-electron chi connectivity index (χ1n) is 11.0. The number of aliphatic imine (C=N–C) groups is 1. The van der Waals surface area contributed by atoms with Crippen molar-refractivity contribution in [2.45, 2.75) is 38.5 Å². The van der Waals surface area contributed by atoms with Crippen molar-refractivity contribution >= 4 is 24.2 Å². The highest BCUT2D eigenvalue weighted by Crippen LogP contribution is 2.07. The number of nitrogens with two attached hydrogens (primary N) is 3. The second kappa shape index (κ2) is 15.5. The van der Waals surface area contributed by atoms with Crippen LogP contribution in [0.1, 0.15) is 49.7 Å². The number of nitrogens with zero attached hydrogens (tertiary/aromatic N) is 3. The summed E-state index contributed by atoms with van der Waals surface area (Å²) in [7, 11) is 0. The molecule has 7 nitrogen and oxygen atoms in total. The van der Waals surface area contributed by atoms with Crippen LogP contribution in [0.5, 0.6) is 0 Å². The molecule has 0 bridgehead atoms. The highest BCUT2D eigenvalue weighted by atomic mass is 35.5. The smallest absolute Gasteiger partial charge is 0.185 e. The summed E-state index contributed by atoms with van der Waals surface area (Å²) in [6.45, 7) is 7.72. The predicted octanol–water partition coefficient (Wildman–Crippen LogP) is 1.98. The first-order chi connectivity index (χ1) is 14.5. The number of nitrogens with one attached hydrogen (secondary N) is 1. The number of nitrogen functional groups attached to an aromatic ring is 1. The molecule has 1 aromatic carbocycles. The minimum Gasteiger partial charge on any atom is -0.384 e. The second-order valence-corrected chi connectivity index (χ2v) is 7.80. The lowest BCUT2D eigenvalue weighted by Gasteiger charge is -2.34. The molecular formula is C23H38ClN7. The standard InChI is InChI=1S/C23H37N7.ClH/c24-22(25)21-11-9-20(10-12-21)8-4-3-7-15-30-18-16-29(17-19-30)14-6-2-1-5-13-28-23(26)27;/h9-12H,1-3,5-7,13-19H2,(H3,24,25)(H4,26,27,28);1H. The van der Waals surface area contributed by atoms with Gasteiger partial charge in [-0.2, -0.15) is 0 Å². The number of amidine groups is 1. The summed E-state index contributed by atoms with van der Waals surface area (Å²) in [5.41, 5.74) is 17.8. The average Bonchev–Trinajstić information content (AvgIpc) is 2.74. The van der Waals surface area contributed by atoms with Crippen molar-refractivity contribution < 1.29 is 0 Å². The molecule has 1 saturated heterocycles. The Morgan fingerprint density at radius 1 is 0.871 bits per heavy atom. The quantitative estimate of drug-likeness (QED) is 0.179. The molecule has 1 heterocycles. The summed E-state index contributed by atoms with van der Waals surface area (Å²) in [4.78, 5) is 9.15. The predicted molar refractivity (Wildman–Crippen MR) is 133 cm³/mol. The van der Waals surface area contributed by atoms with E-state index >= 15 is 0 Å². The molecule has 0 spiro atoms. The largest absolute Gasteiger partial charge is 0.384 e. The fraction of sp³-hybridized carbons (Fsp3) is 0.565. The molecule has 0 amide bonds. The van der Waals surface area contributed by atoms with Gasteiger partial charge in [0.25, 0.3) is 0 Å². The average molecular weight is 448 g/mol. The normalized spacial score (nSPS) is 14.2. The zero-order chi connectivity index (χ0) is 21.6. The van der Waals surface area contributed by atoms with Crippen molar-refractivity contribution in [1.82, 2.24) is 9.80 Å². The zero-order valence-corrected chi connectivity index (χ0v) is 19.3. The maximum atomic E-state index is 7.41. The Hall–Kier alpha value is -2.27. The van der Waals surface area contributed by atoms with Crippen molar-refractivity contribution in [2.24, 2.45) is 22.2 Å². The van der Waals surface area contributed by atoms with Crippen LogP contribution >= 0.6 is 12.4 Å². The molecule has 0 aromatic heterocycles. The summed E-state index contributed by atoms with van der Waals surface area (Å²) in [5.74, 6) is 6.74. The summed E-state index contributed by atoms with van der Waals surface area (Å²) in [6.07, 6.45) is 6.78. The molecule has 0 aliphatic carbocycles. The van der Waals surface area contributed by atoms with E-state index in [2.05, 4.69) is 26.6 Å². The molecular weight excluding hydrogens is 410 g/mol. The third-order valence-electron chi connectivity index (χ3n) is 5.35. The molecule has 1 aliphatic rings. The Balaban J connectivity index is 0.00000480. The lowest BCUT2D eigenvalue weighted by Crippen LogP contribution is -2.46. The molecule has 172 valence electrons. The van der Waals surface area contributed by atoms with Gasteiger partial charge < -0.3 is 27.0 Å². The number of guanidine groups is 1. The number of hydrogen-bond donors (Lipinski definition) is 4. The minimum atomic E-state index is 0. The summed E-state index contributed by atoms with van der Waals surface area (Å²) < 4.78 is 0. The first kappa shape index (κ1) is 26.8. The Labute approximate surface area is 193 Å². The summed E-state index contributed by atoms with van der Waals surface area (Å²) in [6, 6.07) is 7.54. The van der Waals surface area contributed by atoms with Gasteiger partial charge >= 0.3 is 0 Å². The van der Waals surface area contributed by atoms with Crippen LogP contribution in [0.15, 0.2) is 29.3 Å². The lowest BCUT2D eigenvalue weighted by molar-refractivity contribution is 0.130. The van der Waals surface area contributed by atoms with Gasteiger partial charge in [0.05, 0.1) is 0 Å². The van der Waals surface area contributed by atoms with Crippen molar-refractivity contribution in [3.05, 3.63) is 35.4 Å². The van der Waals surface area contributed by atoms with Crippen LogP contribution in [0.2, 0.25) is 0 Å². The van der Waals surface area contributed by atoms with E-state index in [-0.39, 0.29) is 24.2 Å². The Morgan fingerprint density at radius 3 is 2.03 bits per heavy atom. The Morgan fingerprint density at radius 2 is 1.45 bits per heavy atom. The van der Waals surface area contributed by atoms with Gasteiger partial charge in [-0.1, -0.05) is 36.8 Å². The van der Waals surface area contributed by atoms with E-state index in [0.29, 0.717) is 0 Å². The first-order valence-corrected chi connectivity index (χ1v) is 11.0. The maximum absolute atomic E-state index is 7.41. The SMILES string of the molecule is Cl.N=C(N)c1ccc(C#CCCCN2CCN(CCCCCCN=C(N)N)CC2)cc1. The van der Waals surface area contributed by atoms with Crippen LogP contribution in [0.3, 0.4) is 0 Å². The highest BCUT2D eigenvalue weighted by molar-refractivity contribution is 5.94. The van der Waals surface area contributed by atoms with Crippen LogP contribution in [0.4, 0.5) is 0 Å². The van der Waals surface area contributed by atoms with Crippen molar-refractivity contribution in [1.29, 1.82) is 5.41 Å². The molecule has 31 heavy (non-hydrogen) atoms. The maximum Gasteiger partial charge on any atom is 0.185 e. The van der Waals surface area contributed by atoms with Crippen LogP contribution in [-0.2, 0) is 0 Å². The molecule has 1 aliphatic heterocycles. The van der Waals surface area contributed by atoms with E-state index in [1.807, 2.05) is 24.3 Å². The second-order valence-electron chi connectivity index (χ2n) is 7.80. The van der Waals surface area contributed by atoms with Crippen molar-refractivity contribution in [2.75, 3.05) is 45.8 Å². The van der Waals surface area contributed by atoms with E-state index in [1.165, 1.54) is 38.9 Å². The molecule has 0 atom stereocenters. The molecule has 7 N–H and O–H groups in total. The van der Waals surface area contributed by atoms with Crippen molar-refractivity contribution in [3.63, 3.8) is 0 Å². The fourth-order valence-electron chi connectivity index (χ4n) is 3.53. The molecule has 1 fully saturated rings. The van der Waals surface area contributed by atoms with Crippen LogP contribution in [0, 0.1) is 17.3 Å². The summed E-state index contributed by atoms with van der Waals surface area (Å²) in [5, 5.41) is 7.41. The van der Waals surface area contributed by atoms with Crippen LogP contribution < -0.4 is 17.2 Å². The van der Waals surface area contributed by atoms with E-state index < -0.39 is 0 Å². The summed E-state index contributed by atoms with van der Waals surface area (Å²) >= 11 is 0. The third-order valence-corrected chi connectivity index (χ3v) is 5.35. The zero-order valence-electron chi connectivity index (χ0n) is 18.5. The Kier molecular flexibility index (Phi) is 13.4. The van der Waals surface area contributed by atoms with Gasteiger partial charge in [-0.25, -0.2) is 0 Å². The van der Waals surface area contributed by atoms with E-state index in [0.717, 1.165) is 56.6 Å². The van der Waals surface area contributed by atoms with Gasteiger partial charge in [-0.15, -0.1) is 12.4 Å². The Bertz CT molecular complexity index is 725. The van der Waals surface area contributed by atoms with Crippen LogP contribution in [0.25, 0.3) is 0 Å². The van der Waals surface area contributed by atoms with E-state index in [4.69, 9.17) is 22.6 Å². The van der Waals surface area contributed by atoms with Gasteiger partial charge in [-0.3, -0.25) is 10.4 Å². The van der Waals surface area contributed by atoms with Crippen molar-refractivity contribution in [3.8, 4) is 11.8 Å². The number of hydrogen-bond acceptors (Lipinski definition) is 4. The fourth-order valence-corrected chi connectivity index (χ4v) is 3.53. The highest BCUT2D eigenvalue weighted by Gasteiger charge is 2.15. The lowest BCUT2D eigenvalue weighted by atomic mass is 10.1. The molecule has 0 radical (unpaired) electrons. The number of rotatable bonds is 11. The monoisotopic (exact) mass is 447 g/mol. The molecule has 0 unspecified atom stereocenters.